The van der Waals surface area contributed by atoms with Crippen LogP contribution in [0.5, 0.6) is 0 Å². The van der Waals surface area contributed by atoms with Crippen LogP contribution in [0.2, 0.25) is 0 Å². The zero-order chi connectivity index (χ0) is 17.4. The number of aliphatic imine (C=N–C) groups is 2. The van der Waals surface area contributed by atoms with Crippen molar-refractivity contribution in [1.82, 2.24) is 5.32 Å². The predicted octanol–water partition coefficient (Wildman–Crippen LogP) is 3.54. The summed E-state index contributed by atoms with van der Waals surface area (Å²) in [5.74, 6) is 1.40. The highest BCUT2D eigenvalue weighted by Gasteiger charge is 2.06. The maximum atomic E-state index is 6.14. The average molecular weight is 340 g/mol. The van der Waals surface area contributed by atoms with Gasteiger partial charge in [0.2, 0.25) is 0 Å². The second-order valence-electron chi connectivity index (χ2n) is 5.43. The minimum atomic E-state index is 0.519. The van der Waals surface area contributed by atoms with Crippen LogP contribution in [0.4, 0.5) is 5.69 Å². The van der Waals surface area contributed by atoms with Crippen molar-refractivity contribution >= 4 is 30.0 Å². The molecule has 3 N–H and O–H groups in total. The van der Waals surface area contributed by atoms with Gasteiger partial charge < -0.3 is 11.1 Å². The van der Waals surface area contributed by atoms with Crippen LogP contribution in [0, 0.1) is 6.92 Å². The quantitative estimate of drug-likeness (QED) is 0.334. The highest BCUT2D eigenvalue weighted by molar-refractivity contribution is 7.99. The van der Waals surface area contributed by atoms with E-state index in [4.69, 9.17) is 5.73 Å². The minimum absolute atomic E-state index is 0.519. The largest absolute Gasteiger partial charge is 0.383 e. The molecule has 2 rings (SSSR count). The third-order valence-electron chi connectivity index (χ3n) is 3.57. The fourth-order valence-electron chi connectivity index (χ4n) is 2.38. The number of hydrogen-bond donors (Lipinski definition) is 2. The molecule has 0 saturated carbocycles. The van der Waals surface area contributed by atoms with Crippen molar-refractivity contribution in [2.75, 3.05) is 19.3 Å². The van der Waals surface area contributed by atoms with Gasteiger partial charge in [-0.05, 0) is 44.5 Å². The molecular weight excluding hydrogens is 316 g/mol. The van der Waals surface area contributed by atoms with Crippen LogP contribution in [0.15, 0.2) is 57.3 Å². The monoisotopic (exact) mass is 340 g/mol. The summed E-state index contributed by atoms with van der Waals surface area (Å²) in [6, 6.07) is 14.3. The van der Waals surface area contributed by atoms with Crippen LogP contribution in [0.25, 0.3) is 0 Å². The van der Waals surface area contributed by atoms with Crippen LogP contribution in [-0.4, -0.2) is 31.9 Å². The van der Waals surface area contributed by atoms with Gasteiger partial charge in [0.05, 0.1) is 12.2 Å². The molecule has 2 aromatic rings. The van der Waals surface area contributed by atoms with Gasteiger partial charge in [0.1, 0.15) is 5.84 Å². The highest BCUT2D eigenvalue weighted by Crippen LogP contribution is 2.23. The summed E-state index contributed by atoms with van der Waals surface area (Å²) in [6.07, 6.45) is 0. The number of amidine groups is 1. The van der Waals surface area contributed by atoms with E-state index in [-0.39, 0.29) is 0 Å². The molecule has 0 aromatic heterocycles. The van der Waals surface area contributed by atoms with Crippen LogP contribution in [-0.2, 0) is 6.54 Å². The van der Waals surface area contributed by atoms with Gasteiger partial charge in [-0.3, -0.25) is 9.98 Å². The topological polar surface area (TPSA) is 62.8 Å². The molecule has 126 valence electrons. The Morgan fingerprint density at radius 3 is 2.79 bits per heavy atom. The van der Waals surface area contributed by atoms with E-state index in [1.54, 1.807) is 11.8 Å². The summed E-state index contributed by atoms with van der Waals surface area (Å²) in [7, 11) is 1.96. The Morgan fingerprint density at radius 1 is 1.25 bits per heavy atom. The maximum absolute atomic E-state index is 6.14. The Balaban J connectivity index is 1.99. The standard InChI is InChI=1S/C19H24N4S/c1-14-8-9-17(22-3)16(12-14)19(20)23-10-11-24-18-7-5-4-6-15(18)13-21-2/h4-9,12,21H,3,10-11,13H2,1-2H3,(H2,20,23). The fraction of sp³-hybridized carbons (Fsp3) is 0.263. The van der Waals surface area contributed by atoms with Gasteiger partial charge in [-0.1, -0.05) is 29.8 Å². The van der Waals surface area contributed by atoms with E-state index in [0.717, 1.165) is 29.1 Å². The average Bonchev–Trinajstić information content (AvgIpc) is 2.60. The fourth-order valence-corrected chi connectivity index (χ4v) is 3.28. The van der Waals surface area contributed by atoms with Gasteiger partial charge in [-0.15, -0.1) is 11.8 Å². The summed E-state index contributed by atoms with van der Waals surface area (Å²) >= 11 is 1.80. The van der Waals surface area contributed by atoms with Crippen molar-refractivity contribution in [3.8, 4) is 0 Å². The smallest absolute Gasteiger partial charge is 0.127 e. The Bertz CT molecular complexity index is 725. The molecule has 0 spiro atoms. The Labute approximate surface area is 148 Å². The number of hydrogen-bond acceptors (Lipinski definition) is 4. The summed E-state index contributed by atoms with van der Waals surface area (Å²) in [5.41, 5.74) is 10.2. The SMILES string of the molecule is C=Nc1ccc(C)cc1C(N)=NCCSc1ccccc1CNC. The van der Waals surface area contributed by atoms with E-state index in [1.165, 1.54) is 10.5 Å². The van der Waals surface area contributed by atoms with Crippen LogP contribution in [0.3, 0.4) is 0 Å². The molecule has 0 radical (unpaired) electrons. The van der Waals surface area contributed by atoms with Gasteiger partial charge >= 0.3 is 0 Å². The number of nitrogens with two attached hydrogens (primary N) is 1. The van der Waals surface area contributed by atoms with E-state index in [2.05, 4.69) is 46.3 Å². The van der Waals surface area contributed by atoms with Gasteiger partial charge in [0.25, 0.3) is 0 Å². The second kappa shape index (κ2) is 9.25. The predicted molar refractivity (Wildman–Crippen MR) is 106 cm³/mol. The van der Waals surface area contributed by atoms with E-state index >= 15 is 0 Å². The first-order valence-corrected chi connectivity index (χ1v) is 8.87. The highest BCUT2D eigenvalue weighted by atomic mass is 32.2. The maximum Gasteiger partial charge on any atom is 0.127 e. The molecule has 0 heterocycles. The summed E-state index contributed by atoms with van der Waals surface area (Å²) < 4.78 is 0. The normalized spacial score (nSPS) is 11.5. The number of benzene rings is 2. The summed E-state index contributed by atoms with van der Waals surface area (Å²) in [5, 5.41) is 3.20. The molecule has 0 aliphatic heterocycles. The lowest BCUT2D eigenvalue weighted by Gasteiger charge is -2.08. The number of nitrogens with one attached hydrogen (secondary N) is 1. The molecule has 24 heavy (non-hydrogen) atoms. The Morgan fingerprint density at radius 2 is 2.04 bits per heavy atom. The van der Waals surface area contributed by atoms with Crippen molar-refractivity contribution in [3.05, 3.63) is 59.2 Å². The molecule has 0 unspecified atom stereocenters. The third kappa shape index (κ3) is 4.94. The second-order valence-corrected chi connectivity index (χ2v) is 6.57. The Kier molecular flexibility index (Phi) is 7.03. The molecule has 0 bridgehead atoms. The Hall–Kier alpha value is -2.11. The van der Waals surface area contributed by atoms with Crippen molar-refractivity contribution in [2.45, 2.75) is 18.4 Å². The summed E-state index contributed by atoms with van der Waals surface area (Å²) in [6.45, 7) is 7.15. The molecule has 0 aliphatic rings. The first-order chi connectivity index (χ1) is 11.7. The van der Waals surface area contributed by atoms with Gasteiger partial charge in [0.15, 0.2) is 0 Å². The van der Waals surface area contributed by atoms with Crippen LogP contribution in [0.1, 0.15) is 16.7 Å². The van der Waals surface area contributed by atoms with Crippen molar-refractivity contribution in [2.24, 2.45) is 15.7 Å². The lowest BCUT2D eigenvalue weighted by molar-refractivity contribution is 0.803. The molecule has 0 atom stereocenters. The first-order valence-electron chi connectivity index (χ1n) is 7.88. The third-order valence-corrected chi connectivity index (χ3v) is 4.67. The van der Waals surface area contributed by atoms with Gasteiger partial charge in [0, 0.05) is 22.8 Å². The van der Waals surface area contributed by atoms with E-state index in [0.29, 0.717) is 12.4 Å². The lowest BCUT2D eigenvalue weighted by Crippen LogP contribution is -2.15. The molecule has 5 heteroatoms. The zero-order valence-electron chi connectivity index (χ0n) is 14.2. The van der Waals surface area contributed by atoms with Crippen LogP contribution < -0.4 is 11.1 Å². The van der Waals surface area contributed by atoms with E-state index in [1.807, 2.05) is 32.2 Å². The number of nitrogens with zero attached hydrogens (tertiary/aromatic N) is 2. The lowest BCUT2D eigenvalue weighted by atomic mass is 10.1. The molecule has 0 fully saturated rings. The van der Waals surface area contributed by atoms with E-state index in [9.17, 15) is 0 Å². The molecule has 0 amide bonds. The van der Waals surface area contributed by atoms with Crippen molar-refractivity contribution < 1.29 is 0 Å². The molecule has 0 saturated heterocycles. The zero-order valence-corrected chi connectivity index (χ0v) is 15.1. The summed E-state index contributed by atoms with van der Waals surface area (Å²) in [4.78, 5) is 9.80. The van der Waals surface area contributed by atoms with Crippen molar-refractivity contribution in [3.63, 3.8) is 0 Å². The molecule has 0 aliphatic carbocycles. The van der Waals surface area contributed by atoms with Crippen molar-refractivity contribution in [1.29, 1.82) is 0 Å². The van der Waals surface area contributed by atoms with Gasteiger partial charge in [-0.25, -0.2) is 0 Å². The number of aryl methyl sites for hydroxylation is 1. The van der Waals surface area contributed by atoms with Crippen LogP contribution >= 0.6 is 11.8 Å². The molecular formula is C19H24N4S. The minimum Gasteiger partial charge on any atom is -0.383 e. The van der Waals surface area contributed by atoms with E-state index < -0.39 is 0 Å². The number of rotatable bonds is 8. The molecule has 2 aromatic carbocycles. The van der Waals surface area contributed by atoms with Gasteiger partial charge in [-0.2, -0.15) is 0 Å². The first kappa shape index (κ1) is 18.2. The number of thioether (sulfide) groups is 1. The molecule has 4 nitrogen and oxygen atoms in total.